The fourth-order valence-electron chi connectivity index (χ4n) is 2.57. The Hall–Kier alpha value is -0.200. The molecule has 0 aromatic carbocycles. The van der Waals surface area contributed by atoms with Gasteiger partial charge in [-0.1, -0.05) is 6.42 Å². The van der Waals surface area contributed by atoms with Crippen molar-refractivity contribution in [1.29, 1.82) is 0 Å². The van der Waals surface area contributed by atoms with E-state index in [-0.39, 0.29) is 0 Å². The van der Waals surface area contributed by atoms with Crippen LogP contribution in [0.3, 0.4) is 0 Å². The number of nitrogens with two attached hydrogens (primary N) is 1. The van der Waals surface area contributed by atoms with E-state index in [4.69, 9.17) is 15.2 Å². The molecule has 1 saturated heterocycles. The van der Waals surface area contributed by atoms with Crippen LogP contribution in [0.25, 0.3) is 0 Å². The minimum Gasteiger partial charge on any atom is -0.382 e. The van der Waals surface area contributed by atoms with E-state index >= 15 is 0 Å². The first-order valence-electron chi connectivity index (χ1n) is 8.08. The standard InChI is InChI=1S/C15H33N3O2/c1-19-14-15-20-13-12-18-9-5-8-17(10-11-18)7-4-2-3-6-16/h2-16H2,1H3. The Kier molecular flexibility index (Phi) is 11.2. The molecule has 120 valence electrons. The highest BCUT2D eigenvalue weighted by atomic mass is 16.5. The molecule has 1 aliphatic heterocycles. The molecule has 0 radical (unpaired) electrons. The van der Waals surface area contributed by atoms with Crippen molar-refractivity contribution in [2.75, 3.05) is 72.7 Å². The van der Waals surface area contributed by atoms with Crippen molar-refractivity contribution < 1.29 is 9.47 Å². The molecule has 1 heterocycles. The Labute approximate surface area is 124 Å². The molecule has 0 aliphatic carbocycles. The smallest absolute Gasteiger partial charge is 0.0700 e. The Morgan fingerprint density at radius 3 is 2.30 bits per heavy atom. The van der Waals surface area contributed by atoms with Gasteiger partial charge in [-0.3, -0.25) is 4.90 Å². The Balaban J connectivity index is 2.03. The second-order valence-corrected chi connectivity index (χ2v) is 5.49. The van der Waals surface area contributed by atoms with Crippen molar-refractivity contribution in [3.8, 4) is 0 Å². The van der Waals surface area contributed by atoms with Gasteiger partial charge in [-0.15, -0.1) is 0 Å². The highest BCUT2D eigenvalue weighted by Gasteiger charge is 2.13. The van der Waals surface area contributed by atoms with E-state index in [9.17, 15) is 0 Å². The van der Waals surface area contributed by atoms with Crippen LogP contribution in [0.4, 0.5) is 0 Å². The van der Waals surface area contributed by atoms with Gasteiger partial charge in [-0.05, 0) is 45.4 Å². The third-order valence-corrected chi connectivity index (χ3v) is 3.84. The van der Waals surface area contributed by atoms with Gasteiger partial charge in [0.2, 0.25) is 0 Å². The summed E-state index contributed by atoms with van der Waals surface area (Å²) in [6, 6.07) is 0. The van der Waals surface area contributed by atoms with E-state index in [0.717, 1.165) is 19.7 Å². The molecule has 1 fully saturated rings. The molecule has 0 aromatic heterocycles. The van der Waals surface area contributed by atoms with E-state index < -0.39 is 0 Å². The third kappa shape index (κ3) is 8.87. The number of rotatable bonds is 11. The monoisotopic (exact) mass is 287 g/mol. The Morgan fingerprint density at radius 1 is 0.850 bits per heavy atom. The Bertz CT molecular complexity index is 217. The summed E-state index contributed by atoms with van der Waals surface area (Å²) in [5.74, 6) is 0. The summed E-state index contributed by atoms with van der Waals surface area (Å²) in [5.41, 5.74) is 5.53. The highest BCUT2D eigenvalue weighted by molar-refractivity contribution is 4.69. The lowest BCUT2D eigenvalue weighted by Gasteiger charge is -2.21. The van der Waals surface area contributed by atoms with Gasteiger partial charge in [0, 0.05) is 26.7 Å². The van der Waals surface area contributed by atoms with Crippen molar-refractivity contribution in [1.82, 2.24) is 9.80 Å². The fraction of sp³-hybridized carbons (Fsp3) is 1.00. The van der Waals surface area contributed by atoms with Gasteiger partial charge in [-0.25, -0.2) is 0 Å². The van der Waals surface area contributed by atoms with E-state index in [1.165, 1.54) is 58.4 Å². The number of ether oxygens (including phenoxy) is 2. The van der Waals surface area contributed by atoms with Crippen molar-refractivity contribution in [2.24, 2.45) is 5.73 Å². The zero-order valence-electron chi connectivity index (χ0n) is 13.2. The Morgan fingerprint density at radius 2 is 1.60 bits per heavy atom. The van der Waals surface area contributed by atoms with E-state index in [0.29, 0.717) is 13.2 Å². The van der Waals surface area contributed by atoms with Gasteiger partial charge in [0.05, 0.1) is 19.8 Å². The van der Waals surface area contributed by atoms with Crippen LogP contribution >= 0.6 is 0 Å². The maximum atomic E-state index is 5.54. The van der Waals surface area contributed by atoms with Gasteiger partial charge in [0.15, 0.2) is 0 Å². The van der Waals surface area contributed by atoms with E-state index in [2.05, 4.69) is 9.80 Å². The third-order valence-electron chi connectivity index (χ3n) is 3.84. The second kappa shape index (κ2) is 12.5. The maximum Gasteiger partial charge on any atom is 0.0700 e. The lowest BCUT2D eigenvalue weighted by atomic mass is 10.2. The SMILES string of the molecule is COCCOCCN1CCCN(CCCCCN)CC1. The van der Waals surface area contributed by atoms with Gasteiger partial charge < -0.3 is 20.1 Å². The summed E-state index contributed by atoms with van der Waals surface area (Å²) in [4.78, 5) is 5.12. The summed E-state index contributed by atoms with van der Waals surface area (Å²) in [5, 5.41) is 0. The average Bonchev–Trinajstić information content (AvgIpc) is 2.69. The fourth-order valence-corrected chi connectivity index (χ4v) is 2.57. The first-order valence-corrected chi connectivity index (χ1v) is 8.08. The van der Waals surface area contributed by atoms with Crippen LogP contribution < -0.4 is 5.73 Å². The lowest BCUT2D eigenvalue weighted by Crippen LogP contribution is -2.33. The van der Waals surface area contributed by atoms with Crippen LogP contribution in [0, 0.1) is 0 Å². The molecular formula is C15H33N3O2. The largest absolute Gasteiger partial charge is 0.382 e. The van der Waals surface area contributed by atoms with Crippen LogP contribution in [0.1, 0.15) is 25.7 Å². The van der Waals surface area contributed by atoms with Crippen molar-refractivity contribution in [3.63, 3.8) is 0 Å². The first kappa shape index (κ1) is 17.9. The first-order chi connectivity index (χ1) is 9.86. The number of hydrogen-bond acceptors (Lipinski definition) is 5. The second-order valence-electron chi connectivity index (χ2n) is 5.49. The molecular weight excluding hydrogens is 254 g/mol. The van der Waals surface area contributed by atoms with Gasteiger partial charge >= 0.3 is 0 Å². The van der Waals surface area contributed by atoms with Crippen molar-refractivity contribution >= 4 is 0 Å². The normalized spacial score (nSPS) is 18.3. The van der Waals surface area contributed by atoms with Crippen LogP contribution in [0.15, 0.2) is 0 Å². The molecule has 0 spiro atoms. The van der Waals surface area contributed by atoms with Crippen molar-refractivity contribution in [3.05, 3.63) is 0 Å². The number of hydrogen-bond donors (Lipinski definition) is 1. The predicted molar refractivity (Wildman–Crippen MR) is 83.1 cm³/mol. The molecule has 0 aromatic rings. The molecule has 0 saturated carbocycles. The molecule has 0 atom stereocenters. The number of methoxy groups -OCH3 is 1. The average molecular weight is 287 g/mol. The zero-order chi connectivity index (χ0) is 14.5. The molecule has 1 aliphatic rings. The molecule has 5 heteroatoms. The predicted octanol–water partition coefficient (Wildman–Crippen LogP) is 0.786. The highest BCUT2D eigenvalue weighted by Crippen LogP contribution is 2.05. The quantitative estimate of drug-likeness (QED) is 0.569. The lowest BCUT2D eigenvalue weighted by molar-refractivity contribution is 0.0577. The minimum absolute atomic E-state index is 0.691. The van der Waals surface area contributed by atoms with Crippen LogP contribution in [0.5, 0.6) is 0 Å². The molecule has 0 bridgehead atoms. The number of nitrogens with zero attached hydrogens (tertiary/aromatic N) is 2. The summed E-state index contributed by atoms with van der Waals surface area (Å²) in [7, 11) is 1.71. The van der Waals surface area contributed by atoms with Crippen LogP contribution in [-0.4, -0.2) is 82.5 Å². The summed E-state index contributed by atoms with van der Waals surface area (Å²) in [6.45, 7) is 10.1. The van der Waals surface area contributed by atoms with Crippen molar-refractivity contribution in [2.45, 2.75) is 25.7 Å². The molecule has 5 nitrogen and oxygen atoms in total. The van der Waals surface area contributed by atoms with Gasteiger partial charge in [0.25, 0.3) is 0 Å². The molecule has 0 unspecified atom stereocenters. The molecule has 2 N–H and O–H groups in total. The summed E-state index contributed by atoms with van der Waals surface area (Å²) >= 11 is 0. The van der Waals surface area contributed by atoms with E-state index in [1.807, 2.05) is 0 Å². The zero-order valence-corrected chi connectivity index (χ0v) is 13.2. The van der Waals surface area contributed by atoms with Crippen LogP contribution in [0.2, 0.25) is 0 Å². The summed E-state index contributed by atoms with van der Waals surface area (Å²) in [6.07, 6.45) is 5.00. The number of unbranched alkanes of at least 4 members (excludes halogenated alkanes) is 2. The van der Waals surface area contributed by atoms with E-state index in [1.54, 1.807) is 7.11 Å². The van der Waals surface area contributed by atoms with Gasteiger partial charge in [0.1, 0.15) is 0 Å². The topological polar surface area (TPSA) is 51.0 Å². The minimum atomic E-state index is 0.691. The van der Waals surface area contributed by atoms with Crippen LogP contribution in [-0.2, 0) is 9.47 Å². The maximum absolute atomic E-state index is 5.54. The summed E-state index contributed by atoms with van der Waals surface area (Å²) < 4.78 is 10.5. The van der Waals surface area contributed by atoms with Gasteiger partial charge in [-0.2, -0.15) is 0 Å². The molecule has 20 heavy (non-hydrogen) atoms. The molecule has 1 rings (SSSR count). The molecule has 0 amide bonds.